The third kappa shape index (κ3) is 13.8. The minimum atomic E-state index is -0.332. The normalized spacial score (nSPS) is 10.7. The van der Waals surface area contributed by atoms with Crippen molar-refractivity contribution in [3.8, 4) is 0 Å². The summed E-state index contributed by atoms with van der Waals surface area (Å²) in [7, 11) is 0. The van der Waals surface area contributed by atoms with Crippen molar-refractivity contribution in [1.29, 1.82) is 0 Å². The molecule has 100 valence electrons. The van der Waals surface area contributed by atoms with Gasteiger partial charge >= 0.3 is 6.09 Å². The largest absolute Gasteiger partial charge is 0.450 e. The van der Waals surface area contributed by atoms with E-state index in [0.717, 1.165) is 25.7 Å². The van der Waals surface area contributed by atoms with Crippen LogP contribution in [0.4, 0.5) is 4.79 Å². The highest BCUT2D eigenvalue weighted by atomic mass is 35.5. The molecule has 1 unspecified atom stereocenters. The molecule has 0 rings (SSSR count). The van der Waals surface area contributed by atoms with Crippen LogP contribution in [0.2, 0.25) is 0 Å². The Morgan fingerprint density at radius 2 is 2.00 bits per heavy atom. The molecule has 0 aromatic rings. The maximum Gasteiger partial charge on any atom is 0.407 e. The second kappa shape index (κ2) is 14.8. The van der Waals surface area contributed by atoms with Gasteiger partial charge in [0.1, 0.15) is 0 Å². The van der Waals surface area contributed by atoms with Crippen LogP contribution in [-0.4, -0.2) is 25.3 Å². The van der Waals surface area contributed by atoms with E-state index in [0.29, 0.717) is 13.2 Å². The van der Waals surface area contributed by atoms with Crippen LogP contribution in [0, 0.1) is 0 Å². The minimum absolute atomic E-state index is 0. The molecule has 1 atom stereocenters. The van der Waals surface area contributed by atoms with Crippen molar-refractivity contribution in [3.63, 3.8) is 0 Å². The van der Waals surface area contributed by atoms with E-state index in [1.54, 1.807) is 0 Å². The molecule has 0 bridgehead atoms. The van der Waals surface area contributed by atoms with Crippen LogP contribution < -0.4 is 11.1 Å². The molecular weight excluding hydrogens is 251 g/mol. The lowest BCUT2D eigenvalue weighted by Gasteiger charge is -2.09. The first-order chi connectivity index (χ1) is 6.70. The van der Waals surface area contributed by atoms with Gasteiger partial charge in [-0.2, -0.15) is 0 Å². The van der Waals surface area contributed by atoms with Crippen molar-refractivity contribution in [2.24, 2.45) is 5.73 Å². The summed E-state index contributed by atoms with van der Waals surface area (Å²) in [4.78, 5) is 11.0. The topological polar surface area (TPSA) is 64.3 Å². The van der Waals surface area contributed by atoms with E-state index in [-0.39, 0.29) is 36.9 Å². The molecule has 0 spiro atoms. The number of hydrogen-bond donors (Lipinski definition) is 2. The van der Waals surface area contributed by atoms with Gasteiger partial charge in [0.2, 0.25) is 0 Å². The van der Waals surface area contributed by atoms with Gasteiger partial charge in [-0.05, 0) is 19.3 Å². The van der Waals surface area contributed by atoms with E-state index >= 15 is 0 Å². The molecule has 0 aromatic heterocycles. The molecule has 0 saturated heterocycles. The van der Waals surface area contributed by atoms with Crippen LogP contribution in [-0.2, 0) is 4.74 Å². The Morgan fingerprint density at radius 3 is 2.50 bits per heavy atom. The maximum absolute atomic E-state index is 11.0. The fraction of sp³-hybridized carbons (Fsp3) is 0.900. The van der Waals surface area contributed by atoms with Crippen LogP contribution in [0.5, 0.6) is 0 Å². The fourth-order valence-electron chi connectivity index (χ4n) is 0.925. The van der Waals surface area contributed by atoms with Gasteiger partial charge in [0, 0.05) is 12.6 Å². The summed E-state index contributed by atoms with van der Waals surface area (Å²) in [6, 6.07) is 0.137. The van der Waals surface area contributed by atoms with Gasteiger partial charge in [-0.3, -0.25) is 0 Å². The predicted octanol–water partition coefficient (Wildman–Crippen LogP) is 2.48. The van der Waals surface area contributed by atoms with Gasteiger partial charge in [0.15, 0.2) is 0 Å². The summed E-state index contributed by atoms with van der Waals surface area (Å²) in [5.41, 5.74) is 5.67. The van der Waals surface area contributed by atoms with E-state index in [9.17, 15) is 4.79 Å². The summed E-state index contributed by atoms with van der Waals surface area (Å²) in [6.07, 6.45) is 3.38. The van der Waals surface area contributed by atoms with E-state index in [1.807, 2.05) is 6.92 Å². The molecule has 0 aromatic carbocycles. The van der Waals surface area contributed by atoms with Crippen molar-refractivity contribution in [1.82, 2.24) is 5.32 Å². The smallest absolute Gasteiger partial charge is 0.407 e. The molecular formula is C10H24Cl2N2O2. The fourth-order valence-corrected chi connectivity index (χ4v) is 0.925. The standard InChI is InChI=1S/C10H22N2O2.2ClH/c1-3-5-7-12-10(13)14-8-6-9(11)4-2;;/h9H,3-8,11H2,1-2H3,(H,12,13);2*1H. The Labute approximate surface area is 110 Å². The van der Waals surface area contributed by atoms with Crippen molar-refractivity contribution in [2.45, 2.75) is 45.6 Å². The van der Waals surface area contributed by atoms with Gasteiger partial charge in [0.05, 0.1) is 6.61 Å². The monoisotopic (exact) mass is 274 g/mol. The number of nitrogens with two attached hydrogens (primary N) is 1. The summed E-state index contributed by atoms with van der Waals surface area (Å²) in [5.74, 6) is 0. The molecule has 16 heavy (non-hydrogen) atoms. The van der Waals surface area contributed by atoms with Crippen molar-refractivity contribution in [2.75, 3.05) is 13.2 Å². The Balaban J connectivity index is -0.000000845. The van der Waals surface area contributed by atoms with Crippen LogP contribution in [0.25, 0.3) is 0 Å². The molecule has 0 heterocycles. The van der Waals surface area contributed by atoms with E-state index in [1.165, 1.54) is 0 Å². The number of hydrogen-bond acceptors (Lipinski definition) is 3. The second-order valence-corrected chi connectivity index (χ2v) is 3.37. The average molecular weight is 275 g/mol. The highest BCUT2D eigenvalue weighted by Gasteiger charge is 2.02. The molecule has 0 aliphatic heterocycles. The number of alkyl carbamates (subject to hydrolysis) is 1. The van der Waals surface area contributed by atoms with E-state index < -0.39 is 0 Å². The lowest BCUT2D eigenvalue weighted by Crippen LogP contribution is -2.27. The number of carbonyl (C=O) groups is 1. The number of rotatable bonds is 7. The summed E-state index contributed by atoms with van der Waals surface area (Å²) < 4.78 is 4.93. The number of nitrogens with one attached hydrogen (secondary N) is 1. The molecule has 0 saturated carbocycles. The number of halogens is 2. The Morgan fingerprint density at radius 1 is 1.38 bits per heavy atom. The first-order valence-electron chi connectivity index (χ1n) is 5.36. The van der Waals surface area contributed by atoms with Gasteiger partial charge in [-0.15, -0.1) is 24.8 Å². The average Bonchev–Trinajstić information content (AvgIpc) is 2.18. The molecule has 0 radical (unpaired) electrons. The van der Waals surface area contributed by atoms with Crippen LogP contribution >= 0.6 is 24.8 Å². The first-order valence-corrected chi connectivity index (χ1v) is 5.36. The second-order valence-electron chi connectivity index (χ2n) is 3.37. The first kappa shape index (κ1) is 21.1. The third-order valence-electron chi connectivity index (χ3n) is 2.05. The number of unbranched alkanes of at least 4 members (excludes halogenated alkanes) is 1. The quantitative estimate of drug-likeness (QED) is 0.701. The van der Waals surface area contributed by atoms with Crippen molar-refractivity contribution < 1.29 is 9.53 Å². The van der Waals surface area contributed by atoms with Crippen molar-refractivity contribution in [3.05, 3.63) is 0 Å². The number of carbonyl (C=O) groups excluding carboxylic acids is 1. The minimum Gasteiger partial charge on any atom is -0.450 e. The highest BCUT2D eigenvalue weighted by molar-refractivity contribution is 5.85. The summed E-state index contributed by atoms with van der Waals surface area (Å²) in [6.45, 7) is 5.20. The lowest BCUT2D eigenvalue weighted by atomic mass is 10.2. The maximum atomic E-state index is 11.0. The lowest BCUT2D eigenvalue weighted by molar-refractivity contribution is 0.142. The SMILES string of the molecule is CCCCNC(=O)OCCC(N)CC.Cl.Cl. The van der Waals surface area contributed by atoms with Gasteiger partial charge < -0.3 is 15.8 Å². The molecule has 3 N–H and O–H groups in total. The third-order valence-corrected chi connectivity index (χ3v) is 2.05. The molecule has 0 aliphatic rings. The zero-order chi connectivity index (χ0) is 10.8. The molecule has 1 amide bonds. The van der Waals surface area contributed by atoms with Crippen molar-refractivity contribution >= 4 is 30.9 Å². The molecule has 0 fully saturated rings. The zero-order valence-electron chi connectivity index (χ0n) is 10.0. The van der Waals surface area contributed by atoms with Crippen LogP contribution in [0.15, 0.2) is 0 Å². The van der Waals surface area contributed by atoms with E-state index in [2.05, 4.69) is 12.2 Å². The number of amides is 1. The highest BCUT2D eigenvalue weighted by Crippen LogP contribution is 1.94. The predicted molar refractivity (Wildman–Crippen MR) is 71.6 cm³/mol. The molecule has 4 nitrogen and oxygen atoms in total. The van der Waals surface area contributed by atoms with Gasteiger partial charge in [0.25, 0.3) is 0 Å². The van der Waals surface area contributed by atoms with Crippen LogP contribution in [0.1, 0.15) is 39.5 Å². The van der Waals surface area contributed by atoms with Gasteiger partial charge in [-0.1, -0.05) is 20.3 Å². The molecule has 0 aliphatic carbocycles. The van der Waals surface area contributed by atoms with Gasteiger partial charge in [-0.25, -0.2) is 4.79 Å². The summed E-state index contributed by atoms with van der Waals surface area (Å²) >= 11 is 0. The Kier molecular flexibility index (Phi) is 19.6. The van der Waals surface area contributed by atoms with Crippen LogP contribution in [0.3, 0.4) is 0 Å². The zero-order valence-corrected chi connectivity index (χ0v) is 11.7. The Hall–Kier alpha value is -0.190. The summed E-state index contributed by atoms with van der Waals surface area (Å²) in [5, 5.41) is 2.67. The Bertz CT molecular complexity index is 160. The number of ether oxygens (including phenoxy) is 1. The molecule has 6 heteroatoms. The van der Waals surface area contributed by atoms with E-state index in [4.69, 9.17) is 10.5 Å².